The molecule has 4 heteroatoms. The number of hydrogen-bond acceptors (Lipinski definition) is 2. The largest absolute Gasteiger partial charge is 0.345 e. The van der Waals surface area contributed by atoms with E-state index in [0.29, 0.717) is 0 Å². The van der Waals surface area contributed by atoms with Crippen LogP contribution in [0.2, 0.25) is 0 Å². The van der Waals surface area contributed by atoms with E-state index < -0.39 is 0 Å². The van der Waals surface area contributed by atoms with Crippen molar-refractivity contribution in [1.29, 1.82) is 0 Å². The van der Waals surface area contributed by atoms with Gasteiger partial charge in [0.1, 0.15) is 0 Å². The number of fused-ring (bicyclic) bond motifs is 2. The van der Waals surface area contributed by atoms with Gasteiger partial charge in [0.05, 0.1) is 17.4 Å². The van der Waals surface area contributed by atoms with Gasteiger partial charge < -0.3 is 9.88 Å². The van der Waals surface area contributed by atoms with E-state index in [2.05, 4.69) is 29.9 Å². The Labute approximate surface area is 99.6 Å². The maximum Gasteiger partial charge on any atom is 0.223 e. The normalized spacial score (nSPS) is 17.5. The number of aromatic amines is 1. The topological polar surface area (TPSA) is 49.0 Å². The molecule has 3 rings (SSSR count). The van der Waals surface area contributed by atoms with Crippen LogP contribution < -0.4 is 4.90 Å². The van der Waals surface area contributed by atoms with Crippen molar-refractivity contribution in [3.8, 4) is 0 Å². The van der Waals surface area contributed by atoms with Gasteiger partial charge in [-0.2, -0.15) is 0 Å². The van der Waals surface area contributed by atoms with Crippen LogP contribution in [0.3, 0.4) is 0 Å². The van der Waals surface area contributed by atoms with E-state index in [9.17, 15) is 4.79 Å². The zero-order valence-electron chi connectivity index (χ0n) is 10.2. The summed E-state index contributed by atoms with van der Waals surface area (Å²) in [6.07, 6.45) is 1.69. The Kier molecular flexibility index (Phi) is 1.88. The predicted octanol–water partition coefficient (Wildman–Crippen LogP) is 2.21. The van der Waals surface area contributed by atoms with Crippen molar-refractivity contribution in [3.63, 3.8) is 0 Å². The minimum absolute atomic E-state index is 0.00581. The second kappa shape index (κ2) is 3.09. The summed E-state index contributed by atoms with van der Waals surface area (Å²) in [4.78, 5) is 20.9. The van der Waals surface area contributed by atoms with Crippen LogP contribution in [0.1, 0.15) is 26.3 Å². The molecule has 1 aromatic carbocycles. The minimum Gasteiger partial charge on any atom is -0.345 e. The van der Waals surface area contributed by atoms with Gasteiger partial charge in [0.15, 0.2) is 0 Å². The fourth-order valence-corrected chi connectivity index (χ4v) is 2.58. The Morgan fingerprint density at radius 1 is 1.47 bits per heavy atom. The summed E-state index contributed by atoms with van der Waals surface area (Å²) in [5, 5.41) is 0. The zero-order valence-corrected chi connectivity index (χ0v) is 10.2. The molecule has 1 aromatic heterocycles. The first-order valence-electron chi connectivity index (χ1n) is 5.75. The zero-order chi connectivity index (χ0) is 12.2. The maximum atomic E-state index is 11.7. The number of carbonyl (C=O) groups excluding carboxylic acids is 1. The number of hydrogen-bond donors (Lipinski definition) is 1. The summed E-state index contributed by atoms with van der Waals surface area (Å²) in [5.74, 6) is 0.0932. The quantitative estimate of drug-likeness (QED) is 0.753. The van der Waals surface area contributed by atoms with E-state index in [1.807, 2.05) is 11.0 Å². The molecule has 0 atom stereocenters. The lowest BCUT2D eigenvalue weighted by atomic mass is 9.87. The molecular formula is C13H15N3O. The average Bonchev–Trinajstić information content (AvgIpc) is 2.79. The Hall–Kier alpha value is -1.84. The molecule has 0 saturated carbocycles. The van der Waals surface area contributed by atoms with Crippen LogP contribution in [0.25, 0.3) is 11.0 Å². The number of nitrogens with one attached hydrogen (secondary N) is 1. The highest BCUT2D eigenvalue weighted by Crippen LogP contribution is 2.41. The SMILES string of the molecule is CC(=O)N1CC(C)(C)c2cc3nc[nH]c3cc21. The summed E-state index contributed by atoms with van der Waals surface area (Å²) < 4.78 is 0. The van der Waals surface area contributed by atoms with Crippen LogP contribution in [0, 0.1) is 0 Å². The summed E-state index contributed by atoms with van der Waals surface area (Å²) in [6, 6.07) is 4.11. The lowest BCUT2D eigenvalue weighted by Gasteiger charge is -2.19. The monoisotopic (exact) mass is 229 g/mol. The Morgan fingerprint density at radius 2 is 2.24 bits per heavy atom. The van der Waals surface area contributed by atoms with E-state index in [1.54, 1.807) is 13.3 Å². The van der Waals surface area contributed by atoms with E-state index in [0.717, 1.165) is 23.3 Å². The number of anilines is 1. The molecule has 0 unspecified atom stereocenters. The fraction of sp³-hybridized carbons (Fsp3) is 0.385. The van der Waals surface area contributed by atoms with Gasteiger partial charge in [-0.3, -0.25) is 4.79 Å². The van der Waals surface area contributed by atoms with Gasteiger partial charge in [0, 0.05) is 24.6 Å². The van der Waals surface area contributed by atoms with E-state index >= 15 is 0 Å². The van der Waals surface area contributed by atoms with Crippen molar-refractivity contribution < 1.29 is 4.79 Å². The van der Waals surface area contributed by atoms with Crippen LogP contribution in [-0.4, -0.2) is 22.4 Å². The number of H-pyrrole nitrogens is 1. The third-order valence-corrected chi connectivity index (χ3v) is 3.49. The number of carbonyl (C=O) groups is 1. The first-order valence-corrected chi connectivity index (χ1v) is 5.75. The molecule has 1 N–H and O–H groups in total. The highest BCUT2D eigenvalue weighted by atomic mass is 16.2. The maximum absolute atomic E-state index is 11.7. The molecule has 0 aliphatic carbocycles. The first-order chi connectivity index (χ1) is 7.99. The smallest absolute Gasteiger partial charge is 0.223 e. The van der Waals surface area contributed by atoms with Crippen LogP contribution in [-0.2, 0) is 10.2 Å². The van der Waals surface area contributed by atoms with Gasteiger partial charge in [-0.15, -0.1) is 0 Å². The molecule has 1 amide bonds. The average molecular weight is 229 g/mol. The summed E-state index contributed by atoms with van der Waals surface area (Å²) in [6.45, 7) is 6.67. The van der Waals surface area contributed by atoms with Crippen LogP contribution in [0.4, 0.5) is 5.69 Å². The van der Waals surface area contributed by atoms with E-state index in [4.69, 9.17) is 0 Å². The van der Waals surface area contributed by atoms with Crippen molar-refractivity contribution in [2.45, 2.75) is 26.2 Å². The highest BCUT2D eigenvalue weighted by molar-refractivity contribution is 5.97. The number of rotatable bonds is 0. The molecule has 2 aromatic rings. The Balaban J connectivity index is 2.29. The van der Waals surface area contributed by atoms with Crippen molar-refractivity contribution in [1.82, 2.24) is 9.97 Å². The molecule has 0 saturated heterocycles. The summed E-state index contributed by atoms with van der Waals surface area (Å²) in [7, 11) is 0. The molecule has 1 aliphatic heterocycles. The van der Waals surface area contributed by atoms with Gasteiger partial charge in [-0.25, -0.2) is 4.98 Å². The van der Waals surface area contributed by atoms with Gasteiger partial charge in [0.2, 0.25) is 5.91 Å². The molecule has 1 aliphatic rings. The van der Waals surface area contributed by atoms with Gasteiger partial charge in [-0.05, 0) is 17.7 Å². The molecular weight excluding hydrogens is 214 g/mol. The fourth-order valence-electron chi connectivity index (χ4n) is 2.58. The second-order valence-electron chi connectivity index (χ2n) is 5.28. The third kappa shape index (κ3) is 1.37. The van der Waals surface area contributed by atoms with Gasteiger partial charge in [0.25, 0.3) is 0 Å². The lowest BCUT2D eigenvalue weighted by molar-refractivity contribution is -0.116. The Bertz CT molecular complexity index is 612. The van der Waals surface area contributed by atoms with Gasteiger partial charge in [-0.1, -0.05) is 13.8 Å². The number of aromatic nitrogens is 2. The number of nitrogens with zero attached hydrogens (tertiary/aromatic N) is 2. The van der Waals surface area contributed by atoms with Crippen LogP contribution >= 0.6 is 0 Å². The van der Waals surface area contributed by atoms with E-state index in [1.165, 1.54) is 5.56 Å². The second-order valence-corrected chi connectivity index (χ2v) is 5.28. The van der Waals surface area contributed by atoms with Crippen molar-refractivity contribution in [3.05, 3.63) is 24.0 Å². The van der Waals surface area contributed by atoms with E-state index in [-0.39, 0.29) is 11.3 Å². The minimum atomic E-state index is -0.00581. The number of benzene rings is 1. The summed E-state index contributed by atoms with van der Waals surface area (Å²) in [5.41, 5.74) is 4.15. The number of imidazole rings is 1. The number of amides is 1. The molecule has 0 spiro atoms. The molecule has 0 fully saturated rings. The predicted molar refractivity (Wildman–Crippen MR) is 67.1 cm³/mol. The van der Waals surface area contributed by atoms with Gasteiger partial charge >= 0.3 is 0 Å². The molecule has 88 valence electrons. The third-order valence-electron chi connectivity index (χ3n) is 3.49. The molecule has 2 heterocycles. The molecule has 4 nitrogen and oxygen atoms in total. The Morgan fingerprint density at radius 3 is 2.94 bits per heavy atom. The first kappa shape index (κ1) is 10.3. The molecule has 17 heavy (non-hydrogen) atoms. The highest BCUT2D eigenvalue weighted by Gasteiger charge is 2.37. The van der Waals surface area contributed by atoms with Crippen molar-refractivity contribution in [2.75, 3.05) is 11.4 Å². The van der Waals surface area contributed by atoms with Crippen molar-refractivity contribution in [2.24, 2.45) is 0 Å². The van der Waals surface area contributed by atoms with Crippen molar-refractivity contribution >= 4 is 22.6 Å². The summed E-state index contributed by atoms with van der Waals surface area (Å²) >= 11 is 0. The van der Waals surface area contributed by atoms with Crippen LogP contribution in [0.15, 0.2) is 18.5 Å². The standard InChI is InChI=1S/C13H15N3O/c1-8(17)16-6-13(2,3)9-4-10-11(5-12(9)16)15-7-14-10/h4-5,7H,6H2,1-3H3,(H,14,15). The molecule has 0 radical (unpaired) electrons. The van der Waals surface area contributed by atoms with Crippen LogP contribution in [0.5, 0.6) is 0 Å². The molecule has 0 bridgehead atoms. The lowest BCUT2D eigenvalue weighted by Crippen LogP contribution is -2.31.